The summed E-state index contributed by atoms with van der Waals surface area (Å²) in [4.78, 5) is 0. The van der Waals surface area contributed by atoms with E-state index in [-0.39, 0.29) is 11.0 Å². The van der Waals surface area contributed by atoms with E-state index in [1.807, 2.05) is 0 Å². The number of aromatic nitrogens is 4. The van der Waals surface area contributed by atoms with Gasteiger partial charge >= 0.3 is 0 Å². The number of hydrogen-bond donors (Lipinski definition) is 2. The number of hydrogen-bond acceptors (Lipinski definition) is 5. The quantitative estimate of drug-likeness (QED) is 0.718. The predicted molar refractivity (Wildman–Crippen MR) is 75.5 cm³/mol. The Labute approximate surface area is 117 Å². The number of fused-ring (bicyclic) bond motifs is 1. The summed E-state index contributed by atoms with van der Waals surface area (Å²) in [5.74, 6) is 0.545. The van der Waals surface area contributed by atoms with E-state index in [2.05, 4.69) is 15.3 Å². The van der Waals surface area contributed by atoms with Gasteiger partial charge in [-0.05, 0) is 24.3 Å². The molecule has 4 N–H and O–H groups in total. The zero-order chi connectivity index (χ0) is 13.6. The molecule has 0 aliphatic rings. The fourth-order valence-electron chi connectivity index (χ4n) is 1.80. The number of rotatable bonds is 1. The summed E-state index contributed by atoms with van der Waals surface area (Å²) in [5, 5.41) is 13.0. The number of benzene rings is 1. The molecule has 0 aliphatic heterocycles. The van der Waals surface area contributed by atoms with E-state index in [1.165, 1.54) is 4.68 Å². The highest BCUT2D eigenvalue weighted by atomic mass is 35.5. The summed E-state index contributed by atoms with van der Waals surface area (Å²) in [6.45, 7) is 0. The third-order valence-electron chi connectivity index (χ3n) is 2.69. The van der Waals surface area contributed by atoms with Crippen LogP contribution < -0.4 is 11.5 Å². The zero-order valence-electron chi connectivity index (χ0n) is 9.51. The molecule has 0 unspecified atom stereocenters. The van der Waals surface area contributed by atoms with Crippen molar-refractivity contribution in [3.05, 3.63) is 34.4 Å². The maximum Gasteiger partial charge on any atom is 0.180 e. The Morgan fingerprint density at radius 1 is 1.00 bits per heavy atom. The summed E-state index contributed by atoms with van der Waals surface area (Å²) in [7, 11) is 0. The topological polar surface area (TPSA) is 95.6 Å². The predicted octanol–water partition coefficient (Wildman–Crippen LogP) is 2.29. The third kappa shape index (κ3) is 1.85. The Balaban J connectivity index is 2.31. The average Bonchev–Trinajstić information content (AvgIpc) is 2.74. The first-order valence-electron chi connectivity index (χ1n) is 5.29. The second-order valence-electron chi connectivity index (χ2n) is 3.87. The minimum atomic E-state index is 0.156. The maximum absolute atomic E-state index is 6.04. The van der Waals surface area contributed by atoms with Crippen molar-refractivity contribution >= 4 is 45.7 Å². The molecule has 0 bridgehead atoms. The Morgan fingerprint density at radius 3 is 2.32 bits per heavy atom. The highest BCUT2D eigenvalue weighted by Crippen LogP contribution is 2.30. The second-order valence-corrected chi connectivity index (χ2v) is 4.67. The van der Waals surface area contributed by atoms with Gasteiger partial charge in [-0.3, -0.25) is 0 Å². The van der Waals surface area contributed by atoms with Crippen LogP contribution in [0.5, 0.6) is 0 Å². The van der Waals surface area contributed by atoms with Crippen molar-refractivity contribution in [2.24, 2.45) is 0 Å². The van der Waals surface area contributed by atoms with Gasteiger partial charge in [0.25, 0.3) is 0 Å². The summed E-state index contributed by atoms with van der Waals surface area (Å²) >= 11 is 11.8. The Morgan fingerprint density at radius 2 is 1.68 bits per heavy atom. The summed E-state index contributed by atoms with van der Waals surface area (Å²) in [5.41, 5.74) is 13.0. The van der Waals surface area contributed by atoms with E-state index in [0.717, 1.165) is 5.69 Å². The van der Waals surface area contributed by atoms with Crippen LogP contribution >= 0.6 is 23.2 Å². The monoisotopic (exact) mass is 294 g/mol. The first-order chi connectivity index (χ1) is 9.08. The van der Waals surface area contributed by atoms with Crippen molar-refractivity contribution in [2.45, 2.75) is 0 Å². The van der Waals surface area contributed by atoms with Crippen LogP contribution in [-0.4, -0.2) is 20.0 Å². The van der Waals surface area contributed by atoms with Gasteiger partial charge in [-0.2, -0.15) is 5.10 Å². The molecule has 0 radical (unpaired) electrons. The molecule has 3 aromatic rings. The standard InChI is InChI=1S/C11H8Cl2N6/c12-5-1-3-6(4-2-5)19-11(15)7-8(18-19)9(13)16-17-10(7)14/h1-4H,15H2,(H2,14,17). The Bertz CT molecular complexity index is 765. The lowest BCUT2D eigenvalue weighted by Gasteiger charge is -2.03. The van der Waals surface area contributed by atoms with Gasteiger partial charge in [-0.1, -0.05) is 23.2 Å². The number of anilines is 2. The molecule has 0 atom stereocenters. The lowest BCUT2D eigenvalue weighted by atomic mass is 10.3. The van der Waals surface area contributed by atoms with Crippen LogP contribution in [0.1, 0.15) is 0 Å². The van der Waals surface area contributed by atoms with Gasteiger partial charge in [0.05, 0.1) is 11.1 Å². The summed E-state index contributed by atoms with van der Waals surface area (Å²) in [6, 6.07) is 7.05. The van der Waals surface area contributed by atoms with Crippen molar-refractivity contribution < 1.29 is 0 Å². The molecule has 2 aromatic heterocycles. The van der Waals surface area contributed by atoms with E-state index < -0.39 is 0 Å². The van der Waals surface area contributed by atoms with Gasteiger partial charge in [0, 0.05) is 5.02 Å². The number of nitrogens with zero attached hydrogens (tertiary/aromatic N) is 4. The minimum absolute atomic E-state index is 0.156. The molecule has 0 aliphatic carbocycles. The van der Waals surface area contributed by atoms with Crippen molar-refractivity contribution in [1.29, 1.82) is 0 Å². The largest absolute Gasteiger partial charge is 0.383 e. The fraction of sp³-hybridized carbons (Fsp3) is 0. The molecule has 0 amide bonds. The van der Waals surface area contributed by atoms with E-state index >= 15 is 0 Å². The third-order valence-corrected chi connectivity index (χ3v) is 3.20. The highest BCUT2D eigenvalue weighted by Gasteiger charge is 2.16. The molecule has 6 nitrogen and oxygen atoms in total. The smallest absolute Gasteiger partial charge is 0.180 e. The Kier molecular flexibility index (Phi) is 2.69. The van der Waals surface area contributed by atoms with Crippen LogP contribution in [0.25, 0.3) is 16.6 Å². The number of nitrogen functional groups attached to an aromatic ring is 2. The van der Waals surface area contributed by atoms with E-state index in [9.17, 15) is 0 Å². The fourth-order valence-corrected chi connectivity index (χ4v) is 2.10. The van der Waals surface area contributed by atoms with Crippen LogP contribution in [-0.2, 0) is 0 Å². The van der Waals surface area contributed by atoms with Crippen molar-refractivity contribution in [3.8, 4) is 5.69 Å². The molecule has 2 heterocycles. The summed E-state index contributed by atoms with van der Waals surface area (Å²) < 4.78 is 1.52. The molecule has 0 saturated heterocycles. The maximum atomic E-state index is 6.04. The Hall–Kier alpha value is -2.05. The zero-order valence-corrected chi connectivity index (χ0v) is 11.0. The van der Waals surface area contributed by atoms with Crippen molar-refractivity contribution in [2.75, 3.05) is 11.5 Å². The van der Waals surface area contributed by atoms with Crippen LogP contribution in [0.2, 0.25) is 10.2 Å². The molecule has 0 spiro atoms. The molecule has 1 aromatic carbocycles. The van der Waals surface area contributed by atoms with Gasteiger partial charge < -0.3 is 11.5 Å². The van der Waals surface area contributed by atoms with Gasteiger partial charge in [0.2, 0.25) is 0 Å². The van der Waals surface area contributed by atoms with Gasteiger partial charge in [-0.25, -0.2) is 4.68 Å². The number of halogens is 2. The van der Waals surface area contributed by atoms with Gasteiger partial charge in [0.1, 0.15) is 11.3 Å². The highest BCUT2D eigenvalue weighted by molar-refractivity contribution is 6.34. The molecule has 8 heteroatoms. The molecule has 0 saturated carbocycles. The first kappa shape index (κ1) is 12.0. The normalized spacial score (nSPS) is 11.1. The lowest BCUT2D eigenvalue weighted by Crippen LogP contribution is -2.02. The van der Waals surface area contributed by atoms with Crippen LogP contribution in [0.4, 0.5) is 11.6 Å². The van der Waals surface area contributed by atoms with Crippen molar-refractivity contribution in [3.63, 3.8) is 0 Å². The minimum Gasteiger partial charge on any atom is -0.383 e. The lowest BCUT2D eigenvalue weighted by molar-refractivity contribution is 0.905. The van der Waals surface area contributed by atoms with E-state index in [4.69, 9.17) is 34.7 Å². The van der Waals surface area contributed by atoms with E-state index in [1.54, 1.807) is 24.3 Å². The molecular formula is C11H8Cl2N6. The van der Waals surface area contributed by atoms with E-state index in [0.29, 0.717) is 21.7 Å². The first-order valence-corrected chi connectivity index (χ1v) is 6.05. The molecule has 3 rings (SSSR count). The molecule has 19 heavy (non-hydrogen) atoms. The van der Waals surface area contributed by atoms with Crippen molar-refractivity contribution in [1.82, 2.24) is 20.0 Å². The van der Waals surface area contributed by atoms with Gasteiger partial charge in [-0.15, -0.1) is 10.2 Å². The van der Waals surface area contributed by atoms with Crippen LogP contribution in [0, 0.1) is 0 Å². The van der Waals surface area contributed by atoms with Gasteiger partial charge in [0.15, 0.2) is 11.0 Å². The summed E-state index contributed by atoms with van der Waals surface area (Å²) in [6.07, 6.45) is 0. The van der Waals surface area contributed by atoms with Crippen LogP contribution in [0.3, 0.4) is 0 Å². The molecular weight excluding hydrogens is 287 g/mol. The van der Waals surface area contributed by atoms with Crippen LogP contribution in [0.15, 0.2) is 24.3 Å². The average molecular weight is 295 g/mol. The SMILES string of the molecule is Nc1nnc(Cl)c2nn(-c3ccc(Cl)cc3)c(N)c12. The number of nitrogens with two attached hydrogens (primary N) is 2. The second kappa shape index (κ2) is 4.25. The molecule has 0 fully saturated rings. The molecule has 96 valence electrons.